The van der Waals surface area contributed by atoms with E-state index in [2.05, 4.69) is 11.0 Å². The molecule has 4 nitrogen and oxygen atoms in total. The third-order valence-electron chi connectivity index (χ3n) is 4.71. The van der Waals surface area contributed by atoms with E-state index in [4.69, 9.17) is 21.1 Å². The van der Waals surface area contributed by atoms with E-state index in [1.165, 1.54) is 5.56 Å². The van der Waals surface area contributed by atoms with Gasteiger partial charge in [-0.2, -0.15) is 0 Å². The van der Waals surface area contributed by atoms with Gasteiger partial charge in [0, 0.05) is 24.2 Å². The first-order chi connectivity index (χ1) is 11.2. The van der Waals surface area contributed by atoms with E-state index < -0.39 is 6.10 Å². The van der Waals surface area contributed by atoms with Gasteiger partial charge in [-0.05, 0) is 43.9 Å². The van der Waals surface area contributed by atoms with Crippen molar-refractivity contribution in [1.29, 1.82) is 0 Å². The lowest BCUT2D eigenvalue weighted by atomic mass is 10.0. The van der Waals surface area contributed by atoms with E-state index in [9.17, 15) is 5.11 Å². The lowest BCUT2D eigenvalue weighted by Gasteiger charge is -2.27. The maximum absolute atomic E-state index is 10.3. The lowest BCUT2D eigenvalue weighted by Crippen LogP contribution is -2.35. The molecule has 2 fully saturated rings. The van der Waals surface area contributed by atoms with Gasteiger partial charge in [0.2, 0.25) is 0 Å². The Morgan fingerprint density at radius 1 is 1.30 bits per heavy atom. The quantitative estimate of drug-likeness (QED) is 0.829. The van der Waals surface area contributed by atoms with Crippen LogP contribution in [-0.2, 0) is 9.47 Å². The Balaban J connectivity index is 1.47. The molecule has 0 aliphatic carbocycles. The molecule has 3 atom stereocenters. The minimum Gasteiger partial charge on any atom is -0.389 e. The third kappa shape index (κ3) is 4.68. The summed E-state index contributed by atoms with van der Waals surface area (Å²) in [6, 6.07) is 8.31. The van der Waals surface area contributed by atoms with Gasteiger partial charge in [-0.1, -0.05) is 29.8 Å². The van der Waals surface area contributed by atoms with Crippen LogP contribution in [0.3, 0.4) is 0 Å². The fraction of sp³-hybridized carbons (Fsp3) is 0.667. The molecular formula is C18H26ClNO3. The maximum atomic E-state index is 10.3. The fourth-order valence-corrected chi connectivity index (χ4v) is 3.84. The topological polar surface area (TPSA) is 41.9 Å². The van der Waals surface area contributed by atoms with Gasteiger partial charge in [0.05, 0.1) is 25.4 Å². The molecule has 0 saturated carbocycles. The highest BCUT2D eigenvalue weighted by Crippen LogP contribution is 2.35. The van der Waals surface area contributed by atoms with E-state index in [0.29, 0.717) is 25.8 Å². The van der Waals surface area contributed by atoms with Crippen molar-refractivity contribution < 1.29 is 14.6 Å². The maximum Gasteiger partial charge on any atom is 0.0900 e. The molecule has 1 aromatic carbocycles. The summed E-state index contributed by atoms with van der Waals surface area (Å²) < 4.78 is 11.2. The Morgan fingerprint density at radius 3 is 2.96 bits per heavy atom. The summed E-state index contributed by atoms with van der Waals surface area (Å²) in [6.07, 6.45) is 4.15. The largest absolute Gasteiger partial charge is 0.389 e. The molecule has 5 heteroatoms. The summed E-state index contributed by atoms with van der Waals surface area (Å²) in [4.78, 5) is 2.32. The summed E-state index contributed by atoms with van der Waals surface area (Å²) in [7, 11) is 0. The molecule has 0 aromatic heterocycles. The Hall–Kier alpha value is -0.650. The minimum atomic E-state index is -0.473. The molecule has 0 unspecified atom stereocenters. The Morgan fingerprint density at radius 2 is 2.17 bits per heavy atom. The second-order valence-electron chi connectivity index (χ2n) is 6.50. The number of benzene rings is 1. The van der Waals surface area contributed by atoms with Gasteiger partial charge in [0.25, 0.3) is 0 Å². The van der Waals surface area contributed by atoms with E-state index in [-0.39, 0.29) is 6.10 Å². The van der Waals surface area contributed by atoms with Crippen LogP contribution >= 0.6 is 11.6 Å². The molecule has 1 aromatic rings. The van der Waals surface area contributed by atoms with Crippen LogP contribution in [-0.4, -0.2) is 55.1 Å². The fourth-order valence-electron chi connectivity index (χ4n) is 3.58. The van der Waals surface area contributed by atoms with Crippen LogP contribution < -0.4 is 0 Å². The number of aliphatic hydroxyl groups excluding tert-OH is 1. The van der Waals surface area contributed by atoms with Crippen LogP contribution in [0, 0.1) is 0 Å². The molecule has 2 heterocycles. The molecule has 0 amide bonds. The van der Waals surface area contributed by atoms with Crippen molar-refractivity contribution in [2.24, 2.45) is 0 Å². The summed E-state index contributed by atoms with van der Waals surface area (Å²) in [5.41, 5.74) is 1.17. The second-order valence-corrected chi connectivity index (χ2v) is 6.91. The van der Waals surface area contributed by atoms with Gasteiger partial charge >= 0.3 is 0 Å². The highest BCUT2D eigenvalue weighted by Gasteiger charge is 2.29. The van der Waals surface area contributed by atoms with Crippen molar-refractivity contribution in [3.8, 4) is 0 Å². The van der Waals surface area contributed by atoms with Gasteiger partial charge in [-0.25, -0.2) is 0 Å². The Labute approximate surface area is 143 Å². The van der Waals surface area contributed by atoms with Crippen LogP contribution in [0.2, 0.25) is 5.02 Å². The number of β-amino-alcohol motifs (C(OH)–C–C–N with tert-alkyl or cyclic N) is 1. The Kier molecular flexibility index (Phi) is 6.31. The molecule has 0 spiro atoms. The summed E-state index contributed by atoms with van der Waals surface area (Å²) >= 11 is 6.33. The average molecular weight is 340 g/mol. The number of hydrogen-bond donors (Lipinski definition) is 1. The molecule has 3 rings (SSSR count). The molecule has 2 aliphatic heterocycles. The van der Waals surface area contributed by atoms with Gasteiger partial charge in [0.15, 0.2) is 0 Å². The Bertz CT molecular complexity index is 493. The van der Waals surface area contributed by atoms with Gasteiger partial charge in [0.1, 0.15) is 0 Å². The van der Waals surface area contributed by atoms with E-state index in [0.717, 1.165) is 43.9 Å². The molecule has 1 N–H and O–H groups in total. The van der Waals surface area contributed by atoms with Gasteiger partial charge in [-0.3, -0.25) is 4.90 Å². The molecule has 0 radical (unpaired) electrons. The van der Waals surface area contributed by atoms with E-state index in [1.54, 1.807) is 0 Å². The van der Waals surface area contributed by atoms with Crippen molar-refractivity contribution in [2.75, 3.05) is 32.9 Å². The van der Waals surface area contributed by atoms with Crippen LogP contribution in [0.1, 0.15) is 37.3 Å². The predicted octanol–water partition coefficient (Wildman–Crippen LogP) is 3.03. The van der Waals surface area contributed by atoms with Crippen molar-refractivity contribution >= 4 is 11.6 Å². The normalized spacial score (nSPS) is 26.7. The standard InChI is InChI=1S/C18H26ClNO3/c19-17-7-2-1-6-16(17)18-8-3-9-20(18)11-14(21)12-22-13-15-5-4-10-23-15/h1-2,6-7,14-15,18,21H,3-5,8-13H2/t14-,15+,18+/m0/s1. The first kappa shape index (κ1) is 17.2. The number of likely N-dealkylation sites (tertiary alicyclic amines) is 1. The molecule has 0 bridgehead atoms. The van der Waals surface area contributed by atoms with Crippen molar-refractivity contribution in [1.82, 2.24) is 4.90 Å². The lowest BCUT2D eigenvalue weighted by molar-refractivity contribution is -0.0261. The van der Waals surface area contributed by atoms with Crippen LogP contribution in [0.25, 0.3) is 0 Å². The highest BCUT2D eigenvalue weighted by molar-refractivity contribution is 6.31. The third-order valence-corrected chi connectivity index (χ3v) is 5.06. The zero-order valence-corrected chi connectivity index (χ0v) is 14.3. The minimum absolute atomic E-state index is 0.213. The smallest absolute Gasteiger partial charge is 0.0900 e. The SMILES string of the molecule is O[C@H](COC[C@H]1CCCO1)CN1CCC[C@@H]1c1ccccc1Cl. The van der Waals surface area contributed by atoms with Crippen molar-refractivity contribution in [3.05, 3.63) is 34.9 Å². The molecule has 23 heavy (non-hydrogen) atoms. The van der Waals surface area contributed by atoms with E-state index >= 15 is 0 Å². The zero-order valence-electron chi connectivity index (χ0n) is 13.5. The summed E-state index contributed by atoms with van der Waals surface area (Å²) in [5.74, 6) is 0. The molecule has 2 aliphatic rings. The number of ether oxygens (including phenoxy) is 2. The van der Waals surface area contributed by atoms with Gasteiger partial charge in [-0.15, -0.1) is 0 Å². The summed E-state index contributed by atoms with van der Waals surface area (Å²) in [6.45, 7) is 3.42. The molecule has 2 saturated heterocycles. The number of aliphatic hydroxyl groups is 1. The first-order valence-corrected chi connectivity index (χ1v) is 8.97. The monoisotopic (exact) mass is 339 g/mol. The van der Waals surface area contributed by atoms with Crippen LogP contribution in [0.15, 0.2) is 24.3 Å². The number of halogens is 1. The number of rotatable bonds is 7. The second kappa shape index (κ2) is 8.45. The van der Waals surface area contributed by atoms with Crippen molar-refractivity contribution in [3.63, 3.8) is 0 Å². The van der Waals surface area contributed by atoms with E-state index in [1.807, 2.05) is 18.2 Å². The number of hydrogen-bond acceptors (Lipinski definition) is 4. The van der Waals surface area contributed by atoms with Crippen LogP contribution in [0.5, 0.6) is 0 Å². The van der Waals surface area contributed by atoms with Crippen molar-refractivity contribution in [2.45, 2.75) is 43.9 Å². The van der Waals surface area contributed by atoms with Crippen LogP contribution in [0.4, 0.5) is 0 Å². The summed E-state index contributed by atoms with van der Waals surface area (Å²) in [5, 5.41) is 11.1. The number of nitrogens with zero attached hydrogens (tertiary/aromatic N) is 1. The average Bonchev–Trinajstić information content (AvgIpc) is 3.20. The predicted molar refractivity (Wildman–Crippen MR) is 90.8 cm³/mol. The zero-order chi connectivity index (χ0) is 16.1. The molecular weight excluding hydrogens is 314 g/mol. The molecule has 128 valence electrons. The first-order valence-electron chi connectivity index (χ1n) is 8.60. The van der Waals surface area contributed by atoms with Gasteiger partial charge < -0.3 is 14.6 Å². The highest BCUT2D eigenvalue weighted by atomic mass is 35.5.